The van der Waals surface area contributed by atoms with Crippen molar-refractivity contribution >= 4 is 12.0 Å². The van der Waals surface area contributed by atoms with Gasteiger partial charge in [-0.2, -0.15) is 0 Å². The molecule has 0 radical (unpaired) electrons. The standard InChI is InChI=1S/C20H29N3O4/c1-19(2,3)27-18(25)23-13-20(17(24)21-4)10-15(23)12-22(20)11-14-6-8-16(26-5)9-7-14/h6-9,15H,10-13H2,1-5H3,(H,21,24)/t15-,20?/m0/s1. The second-order valence-corrected chi connectivity index (χ2v) is 8.31. The number of benzene rings is 1. The van der Waals surface area contributed by atoms with Gasteiger partial charge in [0, 0.05) is 20.1 Å². The van der Waals surface area contributed by atoms with Crippen molar-refractivity contribution in [1.82, 2.24) is 15.1 Å². The van der Waals surface area contributed by atoms with Crippen LogP contribution in [0.2, 0.25) is 0 Å². The molecule has 2 heterocycles. The first kappa shape index (κ1) is 19.5. The van der Waals surface area contributed by atoms with Gasteiger partial charge < -0.3 is 19.7 Å². The van der Waals surface area contributed by atoms with E-state index in [1.54, 1.807) is 19.1 Å². The molecular weight excluding hydrogens is 346 g/mol. The van der Waals surface area contributed by atoms with E-state index in [2.05, 4.69) is 10.2 Å². The van der Waals surface area contributed by atoms with Crippen LogP contribution in [0, 0.1) is 0 Å². The van der Waals surface area contributed by atoms with Crippen LogP contribution in [0.4, 0.5) is 4.79 Å². The number of hydrogen-bond acceptors (Lipinski definition) is 5. The summed E-state index contributed by atoms with van der Waals surface area (Å²) in [5.74, 6) is 0.753. The molecule has 0 aromatic heterocycles. The van der Waals surface area contributed by atoms with Crippen molar-refractivity contribution in [3.8, 4) is 5.75 Å². The zero-order valence-electron chi connectivity index (χ0n) is 16.7. The van der Waals surface area contributed by atoms with Crippen molar-refractivity contribution in [3.05, 3.63) is 29.8 Å². The van der Waals surface area contributed by atoms with Crippen molar-refractivity contribution < 1.29 is 19.1 Å². The van der Waals surface area contributed by atoms with Crippen LogP contribution in [-0.2, 0) is 16.1 Å². The monoisotopic (exact) mass is 375 g/mol. The molecule has 2 amide bonds. The van der Waals surface area contributed by atoms with Crippen LogP contribution in [-0.4, -0.2) is 66.2 Å². The van der Waals surface area contributed by atoms with E-state index in [4.69, 9.17) is 9.47 Å². The smallest absolute Gasteiger partial charge is 0.410 e. The van der Waals surface area contributed by atoms with E-state index in [1.807, 2.05) is 45.0 Å². The largest absolute Gasteiger partial charge is 0.497 e. The lowest BCUT2D eigenvalue weighted by atomic mass is 9.96. The van der Waals surface area contributed by atoms with Crippen LogP contribution < -0.4 is 10.1 Å². The Morgan fingerprint density at radius 2 is 1.93 bits per heavy atom. The average Bonchev–Trinajstić information content (AvgIpc) is 3.17. The number of amides is 2. The number of nitrogens with one attached hydrogen (secondary N) is 1. The van der Waals surface area contributed by atoms with Gasteiger partial charge >= 0.3 is 6.09 Å². The van der Waals surface area contributed by atoms with Crippen LogP contribution >= 0.6 is 0 Å². The Kier molecular flexibility index (Phi) is 5.08. The van der Waals surface area contributed by atoms with Gasteiger partial charge in [0.15, 0.2) is 0 Å². The molecule has 2 saturated heterocycles. The Bertz CT molecular complexity index is 713. The van der Waals surface area contributed by atoms with E-state index in [9.17, 15) is 9.59 Å². The normalized spacial score (nSPS) is 24.8. The van der Waals surface area contributed by atoms with Gasteiger partial charge in [0.1, 0.15) is 16.9 Å². The van der Waals surface area contributed by atoms with Gasteiger partial charge in [-0.25, -0.2) is 4.79 Å². The zero-order chi connectivity index (χ0) is 19.8. The predicted octanol–water partition coefficient (Wildman–Crippen LogP) is 2.00. The molecule has 0 saturated carbocycles. The highest BCUT2D eigenvalue weighted by atomic mass is 16.6. The van der Waals surface area contributed by atoms with Crippen molar-refractivity contribution in [2.75, 3.05) is 27.2 Å². The molecule has 7 heteroatoms. The number of fused-ring (bicyclic) bond motifs is 2. The van der Waals surface area contributed by atoms with E-state index in [0.29, 0.717) is 26.1 Å². The molecule has 2 fully saturated rings. The minimum absolute atomic E-state index is 0.0181. The first-order valence-corrected chi connectivity index (χ1v) is 9.28. The van der Waals surface area contributed by atoms with Gasteiger partial charge in [0.05, 0.1) is 19.7 Å². The summed E-state index contributed by atoms with van der Waals surface area (Å²) in [7, 11) is 3.28. The van der Waals surface area contributed by atoms with Crippen LogP contribution in [0.15, 0.2) is 24.3 Å². The highest BCUT2D eigenvalue weighted by molar-refractivity contribution is 5.89. The Morgan fingerprint density at radius 3 is 2.48 bits per heavy atom. The topological polar surface area (TPSA) is 71.1 Å². The highest BCUT2D eigenvalue weighted by Crippen LogP contribution is 2.41. The lowest BCUT2D eigenvalue weighted by Gasteiger charge is -2.41. The van der Waals surface area contributed by atoms with Crippen LogP contribution in [0.3, 0.4) is 0 Å². The minimum Gasteiger partial charge on any atom is -0.497 e. The molecule has 2 aliphatic heterocycles. The van der Waals surface area contributed by atoms with E-state index in [0.717, 1.165) is 11.3 Å². The van der Waals surface area contributed by atoms with Gasteiger partial charge in [-0.05, 0) is 44.9 Å². The number of piperazine rings is 1. The fourth-order valence-electron chi connectivity index (χ4n) is 4.04. The molecule has 27 heavy (non-hydrogen) atoms. The summed E-state index contributed by atoms with van der Waals surface area (Å²) in [4.78, 5) is 29.3. The molecule has 2 aliphatic rings. The van der Waals surface area contributed by atoms with Crippen LogP contribution in [0.5, 0.6) is 5.75 Å². The summed E-state index contributed by atoms with van der Waals surface area (Å²) in [6.07, 6.45) is 0.282. The maximum atomic E-state index is 12.8. The predicted molar refractivity (Wildman–Crippen MR) is 102 cm³/mol. The zero-order valence-corrected chi connectivity index (χ0v) is 16.7. The van der Waals surface area contributed by atoms with Crippen LogP contribution in [0.1, 0.15) is 32.8 Å². The first-order chi connectivity index (χ1) is 12.7. The third-order valence-electron chi connectivity index (χ3n) is 5.29. The third-order valence-corrected chi connectivity index (χ3v) is 5.29. The summed E-state index contributed by atoms with van der Waals surface area (Å²) in [5.41, 5.74) is -0.159. The van der Waals surface area contributed by atoms with Crippen molar-refractivity contribution in [3.63, 3.8) is 0 Å². The van der Waals surface area contributed by atoms with Gasteiger partial charge in [0.2, 0.25) is 5.91 Å². The number of likely N-dealkylation sites (tertiary alicyclic amines) is 2. The SMILES string of the molecule is CNC(=O)C12C[C@@H](CN1Cc1ccc(OC)cc1)N(C(=O)OC(C)(C)C)C2. The minimum atomic E-state index is -0.712. The molecule has 0 spiro atoms. The van der Waals surface area contributed by atoms with Crippen molar-refractivity contribution in [1.29, 1.82) is 0 Å². The Morgan fingerprint density at radius 1 is 1.26 bits per heavy atom. The van der Waals surface area contributed by atoms with E-state index < -0.39 is 11.1 Å². The first-order valence-electron chi connectivity index (χ1n) is 9.28. The van der Waals surface area contributed by atoms with E-state index in [1.165, 1.54) is 0 Å². The molecule has 148 valence electrons. The van der Waals surface area contributed by atoms with Crippen molar-refractivity contribution in [2.45, 2.75) is 50.9 Å². The molecule has 2 atom stereocenters. The second kappa shape index (κ2) is 7.03. The molecule has 1 N–H and O–H groups in total. The summed E-state index contributed by atoms with van der Waals surface area (Å²) >= 11 is 0. The quantitative estimate of drug-likeness (QED) is 0.872. The Hall–Kier alpha value is -2.28. The fourth-order valence-corrected chi connectivity index (χ4v) is 4.04. The fraction of sp³-hybridized carbons (Fsp3) is 0.600. The van der Waals surface area contributed by atoms with Crippen molar-refractivity contribution in [2.24, 2.45) is 0 Å². The van der Waals surface area contributed by atoms with E-state index >= 15 is 0 Å². The molecule has 1 aromatic rings. The summed E-state index contributed by atoms with van der Waals surface area (Å²) in [5, 5.41) is 2.79. The molecule has 1 unspecified atom stereocenters. The number of hydrogen-bond donors (Lipinski definition) is 1. The number of likely N-dealkylation sites (N-methyl/N-ethyl adjacent to an activating group) is 1. The summed E-state index contributed by atoms with van der Waals surface area (Å²) in [6.45, 7) is 7.20. The molecule has 2 bridgehead atoms. The number of ether oxygens (including phenoxy) is 2. The summed E-state index contributed by atoms with van der Waals surface area (Å²) < 4.78 is 10.7. The number of carbonyl (C=O) groups excluding carboxylic acids is 2. The number of rotatable bonds is 4. The lowest BCUT2D eigenvalue weighted by Crippen LogP contribution is -2.61. The third kappa shape index (κ3) is 3.74. The molecule has 7 nitrogen and oxygen atoms in total. The van der Waals surface area contributed by atoms with Gasteiger partial charge in [-0.15, -0.1) is 0 Å². The average molecular weight is 375 g/mol. The highest BCUT2D eigenvalue weighted by Gasteiger charge is 2.60. The number of methoxy groups -OCH3 is 1. The van der Waals surface area contributed by atoms with Gasteiger partial charge in [-0.3, -0.25) is 9.69 Å². The second-order valence-electron chi connectivity index (χ2n) is 8.31. The number of nitrogens with zero attached hydrogens (tertiary/aromatic N) is 2. The lowest BCUT2D eigenvalue weighted by molar-refractivity contribution is -0.132. The summed E-state index contributed by atoms with van der Waals surface area (Å²) in [6, 6.07) is 7.84. The maximum Gasteiger partial charge on any atom is 0.410 e. The molecular formula is C20H29N3O4. The number of carbonyl (C=O) groups is 2. The molecule has 3 rings (SSSR count). The Labute approximate surface area is 160 Å². The molecule has 0 aliphatic carbocycles. The van der Waals surface area contributed by atoms with Gasteiger partial charge in [0.25, 0.3) is 0 Å². The molecule has 1 aromatic carbocycles. The maximum absolute atomic E-state index is 12.8. The van der Waals surface area contributed by atoms with Crippen LogP contribution in [0.25, 0.3) is 0 Å². The van der Waals surface area contributed by atoms with Gasteiger partial charge in [-0.1, -0.05) is 12.1 Å². The van der Waals surface area contributed by atoms with E-state index in [-0.39, 0.29) is 18.0 Å². The Balaban J connectivity index is 1.78.